The number of amides is 1. The van der Waals surface area contributed by atoms with Gasteiger partial charge in [0.1, 0.15) is 0 Å². The SMILES string of the molecule is Cc1cccc(C)c1NS(=O)(=O)c1ccc(NC(=O)c2ccc(N(Cc3ccccc3Cl)S(C)(=O)=O)cc2)cc1. The number of carbonyl (C=O) groups excluding carboxylic acids is 1. The molecule has 208 valence electrons. The lowest BCUT2D eigenvalue weighted by Crippen LogP contribution is -2.29. The molecule has 0 unspecified atom stereocenters. The van der Waals surface area contributed by atoms with Gasteiger partial charge in [-0.05, 0) is 85.1 Å². The van der Waals surface area contributed by atoms with Crippen molar-refractivity contribution in [2.24, 2.45) is 0 Å². The average Bonchev–Trinajstić information content (AvgIpc) is 2.90. The molecule has 11 heteroatoms. The predicted octanol–water partition coefficient (Wildman–Crippen LogP) is 5.98. The molecule has 40 heavy (non-hydrogen) atoms. The van der Waals surface area contributed by atoms with Crippen LogP contribution in [0, 0.1) is 13.8 Å². The molecule has 0 aliphatic carbocycles. The lowest BCUT2D eigenvalue weighted by Gasteiger charge is -2.23. The third kappa shape index (κ3) is 6.82. The second kappa shape index (κ2) is 11.7. The van der Waals surface area contributed by atoms with Crippen molar-refractivity contribution in [2.45, 2.75) is 25.3 Å². The van der Waals surface area contributed by atoms with Gasteiger partial charge in [-0.2, -0.15) is 0 Å². The van der Waals surface area contributed by atoms with Gasteiger partial charge in [0.25, 0.3) is 15.9 Å². The standard InChI is InChI=1S/C29H28ClN3O5S2/c1-20-7-6-8-21(2)28(20)32-40(37,38)26-17-13-24(14-18-26)31-29(34)22-11-15-25(16-12-22)33(39(3,35)36)19-23-9-4-5-10-27(23)30/h4-18,32H,19H2,1-3H3,(H,31,34). The summed E-state index contributed by atoms with van der Waals surface area (Å²) < 4.78 is 54.6. The Kier molecular flexibility index (Phi) is 8.53. The highest BCUT2D eigenvalue weighted by Gasteiger charge is 2.20. The van der Waals surface area contributed by atoms with E-state index in [0.717, 1.165) is 17.4 Å². The van der Waals surface area contributed by atoms with Gasteiger partial charge in [0.15, 0.2) is 0 Å². The van der Waals surface area contributed by atoms with E-state index in [0.29, 0.717) is 33.2 Å². The van der Waals surface area contributed by atoms with E-state index in [1.165, 1.54) is 40.7 Å². The van der Waals surface area contributed by atoms with Gasteiger partial charge in [0, 0.05) is 16.3 Å². The number of benzene rings is 4. The van der Waals surface area contributed by atoms with E-state index in [2.05, 4.69) is 10.0 Å². The Morgan fingerprint density at radius 2 is 1.40 bits per heavy atom. The predicted molar refractivity (Wildman–Crippen MR) is 160 cm³/mol. The first-order valence-electron chi connectivity index (χ1n) is 12.2. The molecule has 4 aromatic rings. The molecule has 0 aromatic heterocycles. The fourth-order valence-corrected chi connectivity index (χ4v) is 6.33. The van der Waals surface area contributed by atoms with E-state index in [1.807, 2.05) is 32.0 Å². The van der Waals surface area contributed by atoms with Crippen molar-refractivity contribution >= 4 is 54.6 Å². The monoisotopic (exact) mass is 597 g/mol. The van der Waals surface area contributed by atoms with Crippen molar-refractivity contribution in [3.8, 4) is 0 Å². The number of hydrogen-bond donors (Lipinski definition) is 2. The van der Waals surface area contributed by atoms with Gasteiger partial charge in [-0.15, -0.1) is 0 Å². The van der Waals surface area contributed by atoms with Crippen LogP contribution in [0.5, 0.6) is 0 Å². The van der Waals surface area contributed by atoms with Crippen LogP contribution in [0.25, 0.3) is 0 Å². The fourth-order valence-electron chi connectivity index (χ4n) is 4.05. The highest BCUT2D eigenvalue weighted by Crippen LogP contribution is 2.26. The van der Waals surface area contributed by atoms with Gasteiger partial charge >= 0.3 is 0 Å². The van der Waals surface area contributed by atoms with Crippen molar-refractivity contribution < 1.29 is 21.6 Å². The number of anilines is 3. The second-order valence-corrected chi connectivity index (χ2v) is 13.3. The Bertz CT molecular complexity index is 1740. The van der Waals surface area contributed by atoms with E-state index < -0.39 is 26.0 Å². The lowest BCUT2D eigenvalue weighted by molar-refractivity contribution is 0.102. The third-order valence-corrected chi connectivity index (χ3v) is 9.10. The first-order valence-corrected chi connectivity index (χ1v) is 15.9. The van der Waals surface area contributed by atoms with Crippen LogP contribution in [0.2, 0.25) is 5.02 Å². The van der Waals surface area contributed by atoms with Crippen molar-refractivity contribution in [3.05, 3.63) is 118 Å². The molecule has 4 rings (SSSR count). The molecule has 0 fully saturated rings. The molecule has 0 aliphatic rings. The summed E-state index contributed by atoms with van der Waals surface area (Å²) in [4.78, 5) is 12.9. The maximum Gasteiger partial charge on any atom is 0.261 e. The summed E-state index contributed by atoms with van der Waals surface area (Å²) in [5.74, 6) is -0.437. The van der Waals surface area contributed by atoms with Gasteiger partial charge in [-0.3, -0.25) is 13.8 Å². The molecular weight excluding hydrogens is 570 g/mol. The maximum absolute atomic E-state index is 12.9. The number of para-hydroxylation sites is 1. The Hall–Kier alpha value is -3.86. The van der Waals surface area contributed by atoms with E-state index in [-0.39, 0.29) is 11.4 Å². The van der Waals surface area contributed by atoms with Crippen LogP contribution in [0.1, 0.15) is 27.0 Å². The average molecular weight is 598 g/mol. The summed E-state index contributed by atoms with van der Waals surface area (Å²) in [5, 5.41) is 3.18. The summed E-state index contributed by atoms with van der Waals surface area (Å²) >= 11 is 6.22. The van der Waals surface area contributed by atoms with Crippen molar-refractivity contribution in [2.75, 3.05) is 20.6 Å². The molecule has 1 amide bonds. The molecule has 0 radical (unpaired) electrons. The summed E-state index contributed by atoms with van der Waals surface area (Å²) in [6.07, 6.45) is 1.10. The summed E-state index contributed by atoms with van der Waals surface area (Å²) in [5.41, 5.74) is 3.87. The smallest absolute Gasteiger partial charge is 0.261 e. The highest BCUT2D eigenvalue weighted by atomic mass is 35.5. The van der Waals surface area contributed by atoms with Crippen LogP contribution in [0.15, 0.2) is 95.9 Å². The third-order valence-electron chi connectivity index (χ3n) is 6.23. The zero-order valence-electron chi connectivity index (χ0n) is 22.1. The molecule has 0 spiro atoms. The van der Waals surface area contributed by atoms with Crippen molar-refractivity contribution in [3.63, 3.8) is 0 Å². The van der Waals surface area contributed by atoms with Gasteiger partial charge < -0.3 is 5.32 Å². The molecule has 8 nitrogen and oxygen atoms in total. The normalized spacial score (nSPS) is 11.6. The highest BCUT2D eigenvalue weighted by molar-refractivity contribution is 7.92. The number of nitrogens with zero attached hydrogens (tertiary/aromatic N) is 1. The number of carbonyl (C=O) groups is 1. The van der Waals surface area contributed by atoms with E-state index in [4.69, 9.17) is 11.6 Å². The summed E-state index contributed by atoms with van der Waals surface area (Å²) in [6.45, 7) is 3.69. The second-order valence-electron chi connectivity index (χ2n) is 9.26. The minimum absolute atomic E-state index is 0.0393. The first kappa shape index (κ1) is 29.1. The largest absolute Gasteiger partial charge is 0.322 e. The Labute approximate surface area is 239 Å². The molecule has 0 saturated heterocycles. The van der Waals surface area contributed by atoms with E-state index in [1.54, 1.807) is 36.4 Å². The fraction of sp³-hybridized carbons (Fsp3) is 0.138. The molecule has 0 saturated carbocycles. The van der Waals surface area contributed by atoms with Crippen LogP contribution in [0.3, 0.4) is 0 Å². The zero-order valence-corrected chi connectivity index (χ0v) is 24.4. The number of nitrogens with one attached hydrogen (secondary N) is 2. The van der Waals surface area contributed by atoms with Crippen molar-refractivity contribution in [1.29, 1.82) is 0 Å². The van der Waals surface area contributed by atoms with Crippen LogP contribution in [0.4, 0.5) is 17.1 Å². The maximum atomic E-state index is 12.9. The molecule has 0 heterocycles. The zero-order chi connectivity index (χ0) is 29.1. The Morgan fingerprint density at radius 3 is 1.98 bits per heavy atom. The van der Waals surface area contributed by atoms with Gasteiger partial charge in [-0.25, -0.2) is 16.8 Å². The topological polar surface area (TPSA) is 113 Å². The minimum atomic E-state index is -3.83. The number of halogens is 1. The Balaban J connectivity index is 1.47. The lowest BCUT2D eigenvalue weighted by atomic mass is 10.1. The van der Waals surface area contributed by atoms with Gasteiger partial charge in [0.2, 0.25) is 10.0 Å². The number of rotatable bonds is 9. The number of hydrogen-bond acceptors (Lipinski definition) is 5. The molecule has 2 N–H and O–H groups in total. The summed E-state index contributed by atoms with van der Waals surface area (Å²) in [6, 6.07) is 24.4. The summed E-state index contributed by atoms with van der Waals surface area (Å²) in [7, 11) is -7.47. The Morgan fingerprint density at radius 1 is 0.800 bits per heavy atom. The van der Waals surface area contributed by atoms with E-state index >= 15 is 0 Å². The molecule has 0 bridgehead atoms. The molecule has 4 aromatic carbocycles. The quantitative estimate of drug-likeness (QED) is 0.247. The number of aryl methyl sites for hydroxylation is 2. The van der Waals surface area contributed by atoms with Crippen LogP contribution in [-0.4, -0.2) is 29.0 Å². The molecular formula is C29H28ClN3O5S2. The van der Waals surface area contributed by atoms with Crippen LogP contribution >= 0.6 is 11.6 Å². The molecule has 0 aliphatic heterocycles. The first-order chi connectivity index (χ1) is 18.8. The van der Waals surface area contributed by atoms with Crippen molar-refractivity contribution in [1.82, 2.24) is 0 Å². The van der Waals surface area contributed by atoms with Crippen LogP contribution in [-0.2, 0) is 26.6 Å². The van der Waals surface area contributed by atoms with Gasteiger partial charge in [0.05, 0.1) is 29.1 Å². The minimum Gasteiger partial charge on any atom is -0.322 e. The number of sulfonamides is 2. The van der Waals surface area contributed by atoms with Crippen LogP contribution < -0.4 is 14.3 Å². The van der Waals surface area contributed by atoms with E-state index in [9.17, 15) is 21.6 Å². The molecule has 0 atom stereocenters. The van der Waals surface area contributed by atoms with Gasteiger partial charge in [-0.1, -0.05) is 48.0 Å².